The normalized spacial score (nSPS) is 11.8. The molecule has 1 N–H and O–H groups in total. The van der Waals surface area contributed by atoms with Gasteiger partial charge in [0.2, 0.25) is 0 Å². The van der Waals surface area contributed by atoms with Gasteiger partial charge < -0.3 is 4.74 Å². The highest BCUT2D eigenvalue weighted by atomic mass is 32.1. The van der Waals surface area contributed by atoms with Gasteiger partial charge in [0.15, 0.2) is 11.7 Å². The number of hydrogen-bond acceptors (Lipinski definition) is 6. The second-order valence-corrected chi connectivity index (χ2v) is 7.46. The fraction of sp³-hybridized carbons (Fsp3) is 0.118. The number of carbonyl (C=O) groups is 1. The first kappa shape index (κ1) is 17.7. The smallest absolute Gasteiger partial charge is 0.422 e. The number of halogens is 3. The van der Waals surface area contributed by atoms with Gasteiger partial charge in [0.05, 0.1) is 25.9 Å². The van der Waals surface area contributed by atoms with Crippen molar-refractivity contribution in [3.63, 3.8) is 0 Å². The molecule has 0 unspecified atom stereocenters. The van der Waals surface area contributed by atoms with Crippen molar-refractivity contribution >= 4 is 54.1 Å². The number of aromatic nitrogens is 2. The van der Waals surface area contributed by atoms with E-state index in [2.05, 4.69) is 15.3 Å². The zero-order valence-corrected chi connectivity index (χ0v) is 15.0. The lowest BCUT2D eigenvalue weighted by atomic mass is 10.2. The third kappa shape index (κ3) is 4.01. The van der Waals surface area contributed by atoms with Crippen molar-refractivity contribution in [2.45, 2.75) is 6.18 Å². The van der Waals surface area contributed by atoms with Crippen molar-refractivity contribution in [1.29, 1.82) is 0 Å². The molecule has 2 aromatic carbocycles. The van der Waals surface area contributed by atoms with Crippen molar-refractivity contribution in [3.05, 3.63) is 47.5 Å². The summed E-state index contributed by atoms with van der Waals surface area (Å²) in [6.07, 6.45) is -4.40. The van der Waals surface area contributed by atoms with Crippen molar-refractivity contribution in [2.75, 3.05) is 11.9 Å². The van der Waals surface area contributed by atoms with Gasteiger partial charge in [-0.25, -0.2) is 9.97 Å². The van der Waals surface area contributed by atoms with Crippen molar-refractivity contribution in [2.24, 2.45) is 0 Å². The number of thiazole rings is 2. The number of benzene rings is 2. The first-order chi connectivity index (χ1) is 12.9. The molecule has 0 saturated heterocycles. The maximum absolute atomic E-state index is 12.4. The summed E-state index contributed by atoms with van der Waals surface area (Å²) in [5.41, 5.74) is 3.56. The average molecular weight is 409 g/mol. The van der Waals surface area contributed by atoms with E-state index in [1.54, 1.807) is 29.8 Å². The summed E-state index contributed by atoms with van der Waals surface area (Å²) in [4.78, 5) is 20.9. The highest BCUT2D eigenvalue weighted by Gasteiger charge is 2.28. The first-order valence-electron chi connectivity index (χ1n) is 7.62. The number of alkyl halides is 3. The summed E-state index contributed by atoms with van der Waals surface area (Å²) < 4.78 is 43.0. The second-order valence-electron chi connectivity index (χ2n) is 5.54. The monoisotopic (exact) mass is 409 g/mol. The quantitative estimate of drug-likeness (QED) is 0.509. The van der Waals surface area contributed by atoms with Crippen LogP contribution in [0.1, 0.15) is 10.4 Å². The highest BCUT2D eigenvalue weighted by Crippen LogP contribution is 2.30. The van der Waals surface area contributed by atoms with Crippen LogP contribution < -0.4 is 10.1 Å². The van der Waals surface area contributed by atoms with Gasteiger partial charge in [-0.3, -0.25) is 10.1 Å². The maximum Gasteiger partial charge on any atom is 0.422 e. The van der Waals surface area contributed by atoms with Crippen LogP contribution in [0.25, 0.3) is 20.4 Å². The van der Waals surface area contributed by atoms with Crippen molar-refractivity contribution in [3.8, 4) is 5.75 Å². The largest absolute Gasteiger partial charge is 0.484 e. The fourth-order valence-electron chi connectivity index (χ4n) is 2.38. The van der Waals surface area contributed by atoms with Crippen molar-refractivity contribution < 1.29 is 22.7 Å². The molecule has 0 aliphatic carbocycles. The molecule has 0 saturated carbocycles. The third-order valence-electron chi connectivity index (χ3n) is 3.58. The molecule has 27 heavy (non-hydrogen) atoms. The van der Waals surface area contributed by atoms with E-state index in [9.17, 15) is 18.0 Å². The molecule has 0 radical (unpaired) electrons. The summed E-state index contributed by atoms with van der Waals surface area (Å²) in [5.74, 6) is -0.227. The average Bonchev–Trinajstić information content (AvgIpc) is 3.24. The highest BCUT2D eigenvalue weighted by molar-refractivity contribution is 7.22. The van der Waals surface area contributed by atoms with Gasteiger partial charge in [0, 0.05) is 5.56 Å². The van der Waals surface area contributed by atoms with Crippen LogP contribution in [0.3, 0.4) is 0 Å². The molecule has 10 heteroatoms. The Balaban J connectivity index is 1.52. The van der Waals surface area contributed by atoms with E-state index in [4.69, 9.17) is 4.74 Å². The number of nitrogens with zero attached hydrogens (tertiary/aromatic N) is 2. The maximum atomic E-state index is 12.4. The van der Waals surface area contributed by atoms with E-state index in [1.165, 1.54) is 23.5 Å². The lowest BCUT2D eigenvalue weighted by molar-refractivity contribution is -0.153. The topological polar surface area (TPSA) is 64.1 Å². The molecule has 0 spiro atoms. The summed E-state index contributed by atoms with van der Waals surface area (Å²) in [5, 5.41) is 3.07. The molecule has 4 aromatic rings. The van der Waals surface area contributed by atoms with Crippen molar-refractivity contribution in [1.82, 2.24) is 9.97 Å². The number of carbonyl (C=O) groups excluding carboxylic acids is 1. The molecule has 138 valence electrons. The Morgan fingerprint density at radius 3 is 2.74 bits per heavy atom. The zero-order chi connectivity index (χ0) is 19.0. The molecule has 0 bridgehead atoms. The Morgan fingerprint density at radius 2 is 1.93 bits per heavy atom. The van der Waals surface area contributed by atoms with E-state index in [1.807, 2.05) is 0 Å². The Hall–Kier alpha value is -2.72. The summed E-state index contributed by atoms with van der Waals surface area (Å²) in [7, 11) is 0. The van der Waals surface area contributed by atoms with Crippen LogP contribution in [-0.4, -0.2) is 28.7 Å². The number of fused-ring (bicyclic) bond motifs is 2. The van der Waals surface area contributed by atoms with Crippen LogP contribution in [-0.2, 0) is 0 Å². The first-order valence-corrected chi connectivity index (χ1v) is 9.32. The van der Waals surface area contributed by atoms with Gasteiger partial charge in [-0.1, -0.05) is 11.3 Å². The minimum atomic E-state index is -4.40. The van der Waals surface area contributed by atoms with Crippen LogP contribution in [0, 0.1) is 0 Å². The summed E-state index contributed by atoms with van der Waals surface area (Å²) in [6, 6.07) is 9.63. The van der Waals surface area contributed by atoms with Crippen LogP contribution in [0.15, 0.2) is 41.9 Å². The number of anilines is 1. The lowest BCUT2D eigenvalue weighted by Crippen LogP contribution is -2.19. The molecule has 0 atom stereocenters. The molecule has 0 aliphatic rings. The van der Waals surface area contributed by atoms with E-state index in [0.29, 0.717) is 20.9 Å². The fourth-order valence-corrected chi connectivity index (χ4v) is 3.98. The van der Waals surface area contributed by atoms with Gasteiger partial charge in [-0.2, -0.15) is 13.2 Å². The van der Waals surface area contributed by atoms with Crippen LogP contribution in [0.5, 0.6) is 5.75 Å². The minimum Gasteiger partial charge on any atom is -0.484 e. The molecule has 2 heterocycles. The van der Waals surface area contributed by atoms with Crippen LogP contribution >= 0.6 is 22.7 Å². The molecular formula is C17H10F3N3O2S2. The van der Waals surface area contributed by atoms with E-state index in [-0.39, 0.29) is 11.7 Å². The Labute approximate surface area is 158 Å². The molecule has 2 aromatic heterocycles. The van der Waals surface area contributed by atoms with Crippen LogP contribution in [0.2, 0.25) is 0 Å². The summed E-state index contributed by atoms with van der Waals surface area (Å²) in [6.45, 7) is -1.36. The molecule has 1 amide bonds. The molecule has 5 nitrogen and oxygen atoms in total. The predicted molar refractivity (Wildman–Crippen MR) is 98.7 cm³/mol. The molecule has 4 rings (SSSR count). The Bertz CT molecular complexity index is 1140. The predicted octanol–water partition coefficient (Wildman–Crippen LogP) is 5.10. The Morgan fingerprint density at radius 1 is 1.11 bits per heavy atom. The van der Waals surface area contributed by atoms with Gasteiger partial charge in [0.1, 0.15) is 5.75 Å². The number of rotatable bonds is 4. The number of hydrogen-bond donors (Lipinski definition) is 1. The molecule has 0 aliphatic heterocycles. The second kappa shape index (κ2) is 6.78. The van der Waals surface area contributed by atoms with Crippen LogP contribution in [0.4, 0.5) is 18.3 Å². The molecular weight excluding hydrogens is 399 g/mol. The number of amides is 1. The van der Waals surface area contributed by atoms with E-state index >= 15 is 0 Å². The lowest BCUT2D eigenvalue weighted by Gasteiger charge is -2.08. The SMILES string of the molecule is O=C(Nc1nc2ccc(OCC(F)(F)F)cc2s1)c1ccc2ncsc2c1. The standard InChI is InChI=1S/C17H10F3N3O2S2/c18-17(19,20)7-25-10-2-4-12-14(6-10)27-16(22-12)23-15(24)9-1-3-11-13(5-9)26-8-21-11/h1-6,8H,7H2,(H,22,23,24). The van der Waals surface area contributed by atoms with Gasteiger partial charge >= 0.3 is 6.18 Å². The van der Waals surface area contributed by atoms with Gasteiger partial charge in [-0.15, -0.1) is 11.3 Å². The summed E-state index contributed by atoms with van der Waals surface area (Å²) >= 11 is 2.60. The van der Waals surface area contributed by atoms with Gasteiger partial charge in [0.25, 0.3) is 5.91 Å². The van der Waals surface area contributed by atoms with E-state index in [0.717, 1.165) is 21.6 Å². The zero-order valence-electron chi connectivity index (χ0n) is 13.4. The molecule has 0 fully saturated rings. The van der Waals surface area contributed by atoms with Gasteiger partial charge in [-0.05, 0) is 36.4 Å². The third-order valence-corrected chi connectivity index (χ3v) is 5.30. The minimum absolute atomic E-state index is 0.0944. The number of nitrogens with one attached hydrogen (secondary N) is 1. The van der Waals surface area contributed by atoms with E-state index < -0.39 is 12.8 Å². The Kier molecular flexibility index (Phi) is 4.44. The number of ether oxygens (including phenoxy) is 1.